The molecule has 0 saturated heterocycles. The predicted octanol–water partition coefficient (Wildman–Crippen LogP) is 2.32. The third-order valence-corrected chi connectivity index (χ3v) is 11.2. The number of rotatable bonds is 3. The number of hydrogen-bond donors (Lipinski definition) is 0. The van der Waals surface area contributed by atoms with Crippen LogP contribution in [0.4, 0.5) is 0 Å². The molecule has 0 aliphatic heterocycles. The molecular formula is C8H8Br2OSe. The van der Waals surface area contributed by atoms with Crippen LogP contribution in [0.3, 0.4) is 0 Å². The van der Waals surface area contributed by atoms with Crippen LogP contribution in [0.15, 0.2) is 30.3 Å². The van der Waals surface area contributed by atoms with Crippen molar-refractivity contribution in [3.05, 3.63) is 30.3 Å². The summed E-state index contributed by atoms with van der Waals surface area (Å²) < 4.78 is 1.21. The van der Waals surface area contributed by atoms with E-state index in [1.807, 2.05) is 30.3 Å². The first-order valence-corrected chi connectivity index (χ1v) is 13.4. The second-order valence-corrected chi connectivity index (χ2v) is 22.3. The molecule has 1 rings (SSSR count). The van der Waals surface area contributed by atoms with E-state index in [2.05, 4.69) is 28.2 Å². The molecule has 0 fully saturated rings. The molecule has 0 spiro atoms. The summed E-state index contributed by atoms with van der Waals surface area (Å²) in [5.74, 6) is 0. The van der Waals surface area contributed by atoms with Gasteiger partial charge >= 0.3 is 88.6 Å². The summed E-state index contributed by atoms with van der Waals surface area (Å²) in [5, 5.41) is 0.570. The normalized spacial score (nSPS) is 12.5. The zero-order valence-electron chi connectivity index (χ0n) is 6.24. The van der Waals surface area contributed by atoms with Crippen molar-refractivity contribution in [2.24, 2.45) is 0 Å². The number of carbonyl (C=O) groups excluding carboxylic acids is 1. The zero-order valence-corrected chi connectivity index (χ0v) is 11.1. The van der Waals surface area contributed by atoms with Crippen LogP contribution in [0.2, 0.25) is 5.32 Å². The van der Waals surface area contributed by atoms with Gasteiger partial charge in [0.15, 0.2) is 0 Å². The Morgan fingerprint density at radius 2 is 1.83 bits per heavy atom. The van der Waals surface area contributed by atoms with E-state index < -0.39 is 9.23 Å². The summed E-state index contributed by atoms with van der Waals surface area (Å²) in [4.78, 5) is 10.4. The van der Waals surface area contributed by atoms with Gasteiger partial charge in [0.05, 0.1) is 0 Å². The standard InChI is InChI=1S/C8H8Br2OSe/c9-12(10,7-6-11)8-4-2-1-3-5-8/h1-6H,7H2. The second-order valence-electron chi connectivity index (χ2n) is 2.22. The van der Waals surface area contributed by atoms with Crippen molar-refractivity contribution in [2.75, 3.05) is 0 Å². The zero-order chi connectivity index (χ0) is 9.03. The van der Waals surface area contributed by atoms with Crippen molar-refractivity contribution in [3.63, 3.8) is 0 Å². The van der Waals surface area contributed by atoms with Crippen LogP contribution in [-0.2, 0) is 4.79 Å². The van der Waals surface area contributed by atoms with Crippen LogP contribution in [-0.4, -0.2) is 15.5 Å². The maximum absolute atomic E-state index is 10.4. The molecule has 0 aliphatic carbocycles. The fraction of sp³-hybridized carbons (Fsp3) is 0.125. The molecule has 0 radical (unpaired) electrons. The molecule has 0 N–H and O–H groups in total. The summed E-state index contributed by atoms with van der Waals surface area (Å²) >= 11 is 7.18. The van der Waals surface area contributed by atoms with Gasteiger partial charge in [0, 0.05) is 0 Å². The Labute approximate surface area is 88.2 Å². The van der Waals surface area contributed by atoms with E-state index in [1.54, 1.807) is 0 Å². The number of carbonyl (C=O) groups is 1. The molecule has 12 heavy (non-hydrogen) atoms. The van der Waals surface area contributed by atoms with Crippen LogP contribution < -0.4 is 4.46 Å². The van der Waals surface area contributed by atoms with Crippen LogP contribution in [0.5, 0.6) is 0 Å². The predicted molar refractivity (Wildman–Crippen MR) is 60.6 cm³/mol. The minimum atomic E-state index is -2.00. The van der Waals surface area contributed by atoms with E-state index >= 15 is 0 Å². The first kappa shape index (κ1) is 10.5. The molecule has 1 nitrogen and oxygen atoms in total. The summed E-state index contributed by atoms with van der Waals surface area (Å²) in [6, 6.07) is 10.0. The fourth-order valence-electron chi connectivity index (χ4n) is 0.801. The average Bonchev–Trinajstić information content (AvgIpc) is 2.06. The van der Waals surface area contributed by atoms with E-state index in [1.165, 1.54) is 4.46 Å². The molecule has 0 unspecified atom stereocenters. The molecule has 0 aliphatic rings. The van der Waals surface area contributed by atoms with Crippen molar-refractivity contribution in [1.29, 1.82) is 0 Å². The van der Waals surface area contributed by atoms with Crippen molar-refractivity contribution in [3.8, 4) is 0 Å². The SMILES string of the molecule is O=CC[Se](Br)(Br)c1ccccc1. The van der Waals surface area contributed by atoms with Crippen LogP contribution in [0, 0.1) is 0 Å². The monoisotopic (exact) mass is 358 g/mol. The molecule has 0 heterocycles. The first-order chi connectivity index (χ1) is 5.67. The fourth-order valence-corrected chi connectivity index (χ4v) is 6.09. The number of benzene rings is 1. The summed E-state index contributed by atoms with van der Waals surface area (Å²) in [7, 11) is -2.00. The topological polar surface area (TPSA) is 17.1 Å². The Morgan fingerprint density at radius 3 is 2.33 bits per heavy atom. The molecule has 0 amide bonds. The average molecular weight is 359 g/mol. The van der Waals surface area contributed by atoms with Crippen LogP contribution in [0.1, 0.15) is 0 Å². The van der Waals surface area contributed by atoms with E-state index in [0.29, 0.717) is 5.32 Å². The van der Waals surface area contributed by atoms with Gasteiger partial charge in [-0.3, -0.25) is 0 Å². The molecular weight excluding hydrogens is 351 g/mol. The number of aldehydes is 1. The van der Waals surface area contributed by atoms with Gasteiger partial charge in [0.25, 0.3) is 0 Å². The van der Waals surface area contributed by atoms with Gasteiger partial charge in [-0.15, -0.1) is 0 Å². The Hall–Kier alpha value is 0.369. The Morgan fingerprint density at radius 1 is 1.25 bits per heavy atom. The van der Waals surface area contributed by atoms with E-state index in [9.17, 15) is 4.79 Å². The van der Waals surface area contributed by atoms with E-state index in [-0.39, 0.29) is 0 Å². The quantitative estimate of drug-likeness (QED) is 0.598. The minimum absolute atomic E-state index is 0.570. The first-order valence-electron chi connectivity index (χ1n) is 3.36. The Balaban J connectivity index is 2.89. The van der Waals surface area contributed by atoms with Gasteiger partial charge in [0.1, 0.15) is 0 Å². The van der Waals surface area contributed by atoms with Crippen LogP contribution >= 0.6 is 28.2 Å². The third-order valence-electron chi connectivity index (χ3n) is 1.37. The number of hydrogen-bond acceptors (Lipinski definition) is 1. The maximum atomic E-state index is 10.4. The van der Waals surface area contributed by atoms with E-state index in [4.69, 9.17) is 0 Å². The molecule has 0 atom stereocenters. The summed E-state index contributed by atoms with van der Waals surface area (Å²) in [5.41, 5.74) is 0. The second kappa shape index (κ2) is 4.56. The van der Waals surface area contributed by atoms with Crippen molar-refractivity contribution in [2.45, 2.75) is 5.32 Å². The molecule has 4 heteroatoms. The number of halogens is 2. The van der Waals surface area contributed by atoms with Gasteiger partial charge < -0.3 is 0 Å². The van der Waals surface area contributed by atoms with Crippen molar-refractivity contribution in [1.82, 2.24) is 0 Å². The molecule has 0 aromatic heterocycles. The van der Waals surface area contributed by atoms with Crippen LogP contribution in [0.25, 0.3) is 0 Å². The van der Waals surface area contributed by atoms with Gasteiger partial charge in [-0.1, -0.05) is 0 Å². The Kier molecular flexibility index (Phi) is 3.97. The molecule has 1 aromatic rings. The van der Waals surface area contributed by atoms with Gasteiger partial charge in [-0.2, -0.15) is 0 Å². The molecule has 0 bridgehead atoms. The Bertz CT molecular complexity index is 261. The van der Waals surface area contributed by atoms with E-state index in [0.717, 1.165) is 6.29 Å². The molecule has 0 saturated carbocycles. The van der Waals surface area contributed by atoms with Gasteiger partial charge in [-0.25, -0.2) is 0 Å². The van der Waals surface area contributed by atoms with Gasteiger partial charge in [0.2, 0.25) is 0 Å². The summed E-state index contributed by atoms with van der Waals surface area (Å²) in [6.07, 6.45) is 0.955. The molecule has 66 valence electrons. The van der Waals surface area contributed by atoms with Crippen molar-refractivity contribution >= 4 is 48.2 Å². The van der Waals surface area contributed by atoms with Gasteiger partial charge in [-0.05, 0) is 0 Å². The van der Waals surface area contributed by atoms with Crippen molar-refractivity contribution < 1.29 is 4.79 Å². The summed E-state index contributed by atoms with van der Waals surface area (Å²) in [6.45, 7) is 0. The third kappa shape index (κ3) is 2.70. The molecule has 1 aromatic carbocycles.